The molecule has 118 valence electrons. The van der Waals surface area contributed by atoms with Gasteiger partial charge in [0.25, 0.3) is 5.91 Å². The van der Waals surface area contributed by atoms with Gasteiger partial charge in [0.05, 0.1) is 16.7 Å². The molecule has 0 heterocycles. The zero-order chi connectivity index (χ0) is 16.8. The molecule has 0 atom stereocenters. The van der Waals surface area contributed by atoms with Crippen molar-refractivity contribution in [2.45, 2.75) is 13.5 Å². The second-order valence-corrected chi connectivity index (χ2v) is 5.63. The van der Waals surface area contributed by atoms with Gasteiger partial charge in [-0.05, 0) is 36.2 Å². The third-order valence-corrected chi connectivity index (χ3v) is 3.80. The largest absolute Gasteiger partial charge is 0.482 e. The molecule has 0 aliphatic rings. The summed E-state index contributed by atoms with van der Waals surface area (Å²) in [6, 6.07) is 14.6. The van der Waals surface area contributed by atoms with Crippen molar-refractivity contribution < 1.29 is 9.53 Å². The number of benzene rings is 2. The molecule has 0 fully saturated rings. The van der Waals surface area contributed by atoms with Crippen LogP contribution < -0.4 is 4.74 Å². The Morgan fingerprint density at radius 3 is 2.70 bits per heavy atom. The second kappa shape index (κ2) is 7.66. The summed E-state index contributed by atoms with van der Waals surface area (Å²) in [5, 5.41) is 9.11. The topological polar surface area (TPSA) is 53.3 Å². The molecule has 2 rings (SSSR count). The first-order valence-electron chi connectivity index (χ1n) is 7.12. The third-order valence-electron chi connectivity index (χ3n) is 3.51. The van der Waals surface area contributed by atoms with Gasteiger partial charge in [0.1, 0.15) is 5.75 Å². The van der Waals surface area contributed by atoms with E-state index in [9.17, 15) is 4.79 Å². The van der Waals surface area contributed by atoms with Gasteiger partial charge < -0.3 is 9.64 Å². The zero-order valence-corrected chi connectivity index (χ0v) is 13.8. The first kappa shape index (κ1) is 16.9. The molecule has 0 radical (unpaired) electrons. The number of amides is 1. The Morgan fingerprint density at radius 2 is 2.04 bits per heavy atom. The molecular formula is C18H17ClN2O2. The Kier molecular flexibility index (Phi) is 5.61. The highest BCUT2D eigenvalue weighted by Gasteiger charge is 2.12. The van der Waals surface area contributed by atoms with Crippen molar-refractivity contribution in [3.63, 3.8) is 0 Å². The van der Waals surface area contributed by atoms with Crippen LogP contribution in [-0.2, 0) is 11.3 Å². The SMILES string of the molecule is Cc1ccccc1CN(C)C(=O)COc1ccc(C#N)cc1Cl. The van der Waals surface area contributed by atoms with E-state index in [-0.39, 0.29) is 12.5 Å². The van der Waals surface area contributed by atoms with Crippen molar-refractivity contribution in [3.8, 4) is 11.8 Å². The Hall–Kier alpha value is -2.51. The van der Waals surface area contributed by atoms with Crippen molar-refractivity contribution in [2.24, 2.45) is 0 Å². The average molecular weight is 329 g/mol. The van der Waals surface area contributed by atoms with Crippen LogP contribution in [0.25, 0.3) is 0 Å². The fourth-order valence-electron chi connectivity index (χ4n) is 2.07. The van der Waals surface area contributed by atoms with Gasteiger partial charge >= 0.3 is 0 Å². The maximum absolute atomic E-state index is 12.2. The van der Waals surface area contributed by atoms with Crippen LogP contribution in [0.3, 0.4) is 0 Å². The van der Waals surface area contributed by atoms with Gasteiger partial charge in [-0.2, -0.15) is 5.26 Å². The fourth-order valence-corrected chi connectivity index (χ4v) is 2.30. The number of nitrogens with zero attached hydrogens (tertiary/aromatic N) is 2. The fraction of sp³-hybridized carbons (Fsp3) is 0.222. The van der Waals surface area contributed by atoms with E-state index in [1.165, 1.54) is 6.07 Å². The van der Waals surface area contributed by atoms with Gasteiger partial charge in [-0.1, -0.05) is 35.9 Å². The smallest absolute Gasteiger partial charge is 0.260 e. The summed E-state index contributed by atoms with van der Waals surface area (Å²) in [5.74, 6) is 0.247. The summed E-state index contributed by atoms with van der Waals surface area (Å²) in [5.41, 5.74) is 2.69. The van der Waals surface area contributed by atoms with Crippen molar-refractivity contribution in [1.29, 1.82) is 5.26 Å². The van der Waals surface area contributed by atoms with Crippen molar-refractivity contribution >= 4 is 17.5 Å². The zero-order valence-electron chi connectivity index (χ0n) is 13.0. The number of carbonyl (C=O) groups is 1. The van der Waals surface area contributed by atoms with E-state index in [0.717, 1.165) is 11.1 Å². The van der Waals surface area contributed by atoms with Crippen molar-refractivity contribution in [1.82, 2.24) is 4.90 Å². The van der Waals surface area contributed by atoms with Gasteiger partial charge in [-0.3, -0.25) is 4.79 Å². The number of nitriles is 1. The number of hydrogen-bond donors (Lipinski definition) is 0. The predicted octanol–water partition coefficient (Wildman–Crippen LogP) is 3.56. The molecule has 0 saturated carbocycles. The molecule has 1 amide bonds. The molecule has 4 nitrogen and oxygen atoms in total. The molecular weight excluding hydrogens is 312 g/mol. The lowest BCUT2D eigenvalue weighted by Gasteiger charge is -2.19. The molecule has 0 bridgehead atoms. The third kappa shape index (κ3) is 4.48. The minimum atomic E-state index is -0.145. The van der Waals surface area contributed by atoms with Gasteiger partial charge in [-0.15, -0.1) is 0 Å². The number of hydrogen-bond acceptors (Lipinski definition) is 3. The Balaban J connectivity index is 1.94. The molecule has 0 spiro atoms. The van der Waals surface area contributed by atoms with E-state index < -0.39 is 0 Å². The number of halogens is 1. The van der Waals surface area contributed by atoms with Crippen LogP contribution in [0.4, 0.5) is 0 Å². The van der Waals surface area contributed by atoms with E-state index in [4.69, 9.17) is 21.6 Å². The Morgan fingerprint density at radius 1 is 1.30 bits per heavy atom. The van der Waals surface area contributed by atoms with Crippen LogP contribution in [0, 0.1) is 18.3 Å². The standard InChI is InChI=1S/C18H17ClN2O2/c1-13-5-3-4-6-15(13)11-21(2)18(22)12-23-17-8-7-14(10-20)9-16(17)19/h3-9H,11-12H2,1-2H3. The summed E-state index contributed by atoms with van der Waals surface area (Å²) in [4.78, 5) is 13.8. The normalized spacial score (nSPS) is 10.0. The molecule has 0 aromatic heterocycles. The summed E-state index contributed by atoms with van der Waals surface area (Å²) < 4.78 is 5.45. The predicted molar refractivity (Wildman–Crippen MR) is 89.3 cm³/mol. The summed E-state index contributed by atoms with van der Waals surface area (Å²) in [6.45, 7) is 2.44. The number of ether oxygens (including phenoxy) is 1. The molecule has 0 unspecified atom stereocenters. The molecule has 0 aliphatic carbocycles. The highest BCUT2D eigenvalue weighted by molar-refractivity contribution is 6.32. The van der Waals surface area contributed by atoms with Crippen LogP contribution in [0.1, 0.15) is 16.7 Å². The lowest BCUT2D eigenvalue weighted by Crippen LogP contribution is -2.31. The quantitative estimate of drug-likeness (QED) is 0.843. The van der Waals surface area contributed by atoms with Crippen molar-refractivity contribution in [3.05, 3.63) is 64.2 Å². The van der Waals surface area contributed by atoms with Crippen LogP contribution in [0.5, 0.6) is 5.75 Å². The first-order valence-corrected chi connectivity index (χ1v) is 7.50. The van der Waals surface area contributed by atoms with Gasteiger partial charge in [0.2, 0.25) is 0 Å². The van der Waals surface area contributed by atoms with E-state index in [1.54, 1.807) is 24.1 Å². The highest BCUT2D eigenvalue weighted by Crippen LogP contribution is 2.25. The second-order valence-electron chi connectivity index (χ2n) is 5.22. The van der Waals surface area contributed by atoms with Gasteiger partial charge in [0.15, 0.2) is 6.61 Å². The average Bonchev–Trinajstić information content (AvgIpc) is 2.55. The molecule has 0 aliphatic heterocycles. The molecule has 0 N–H and O–H groups in total. The van der Waals surface area contributed by atoms with Gasteiger partial charge in [-0.25, -0.2) is 0 Å². The van der Waals surface area contributed by atoms with E-state index in [2.05, 4.69) is 0 Å². The minimum absolute atomic E-state index is 0.103. The maximum Gasteiger partial charge on any atom is 0.260 e. The molecule has 5 heteroatoms. The van der Waals surface area contributed by atoms with Crippen LogP contribution >= 0.6 is 11.6 Å². The summed E-state index contributed by atoms with van der Waals surface area (Å²) in [7, 11) is 1.73. The highest BCUT2D eigenvalue weighted by atomic mass is 35.5. The maximum atomic E-state index is 12.2. The minimum Gasteiger partial charge on any atom is -0.482 e. The summed E-state index contributed by atoms with van der Waals surface area (Å²) >= 11 is 6.02. The van der Waals surface area contributed by atoms with E-state index in [1.807, 2.05) is 37.3 Å². The molecule has 23 heavy (non-hydrogen) atoms. The van der Waals surface area contributed by atoms with Gasteiger partial charge in [0, 0.05) is 13.6 Å². The lowest BCUT2D eigenvalue weighted by molar-refractivity contribution is -0.132. The Labute approximate surface area is 140 Å². The lowest BCUT2D eigenvalue weighted by atomic mass is 10.1. The number of likely N-dealkylation sites (N-methyl/N-ethyl adjacent to an activating group) is 1. The molecule has 2 aromatic rings. The molecule has 2 aromatic carbocycles. The van der Waals surface area contributed by atoms with Crippen molar-refractivity contribution in [2.75, 3.05) is 13.7 Å². The molecule has 0 saturated heterocycles. The Bertz CT molecular complexity index is 753. The monoisotopic (exact) mass is 328 g/mol. The number of rotatable bonds is 5. The number of aryl methyl sites for hydroxylation is 1. The van der Waals surface area contributed by atoms with Crippen LogP contribution in [-0.4, -0.2) is 24.5 Å². The van der Waals surface area contributed by atoms with E-state index in [0.29, 0.717) is 22.9 Å². The summed E-state index contributed by atoms with van der Waals surface area (Å²) in [6.07, 6.45) is 0. The first-order chi connectivity index (χ1) is 11.0. The number of carbonyl (C=O) groups excluding carboxylic acids is 1. The van der Waals surface area contributed by atoms with Crippen LogP contribution in [0.15, 0.2) is 42.5 Å². The van der Waals surface area contributed by atoms with Crippen LogP contribution in [0.2, 0.25) is 5.02 Å². The van der Waals surface area contributed by atoms with E-state index >= 15 is 0 Å².